The topological polar surface area (TPSA) is 109 Å². The molecular formula is AlNaO5S. The van der Waals surface area contributed by atoms with E-state index < -0.39 is 10.4 Å². The molecule has 0 bridgehead atoms. The monoisotopic (exact) mass is 162 g/mol. The van der Waals surface area contributed by atoms with E-state index in [1.54, 1.807) is 0 Å². The zero-order valence-electron chi connectivity index (χ0n) is 4.03. The molecule has 0 aromatic carbocycles. The van der Waals surface area contributed by atoms with Gasteiger partial charge in [0, 0.05) is 10.4 Å². The van der Waals surface area contributed by atoms with Crippen LogP contribution in [0, 0.1) is 0 Å². The second-order valence-corrected chi connectivity index (χ2v) is 1.22. The van der Waals surface area contributed by atoms with Crippen molar-refractivity contribution in [1.29, 1.82) is 0 Å². The second kappa shape index (κ2) is 8.36. The summed E-state index contributed by atoms with van der Waals surface area (Å²) in [6.07, 6.45) is 0. The zero-order chi connectivity index (χ0) is 4.50. The van der Waals surface area contributed by atoms with E-state index >= 15 is 0 Å². The van der Waals surface area contributed by atoms with Crippen molar-refractivity contribution in [2.75, 3.05) is 0 Å². The first-order chi connectivity index (χ1) is 2.00. The summed E-state index contributed by atoms with van der Waals surface area (Å²) in [7, 11) is -5.17. The molecule has 0 amide bonds. The largest absolute Gasteiger partial charge is 3.00 e. The van der Waals surface area contributed by atoms with E-state index in [4.69, 9.17) is 17.5 Å². The SMILES string of the molecule is O=S(=O)([O-])[O-].[Al+3].[Na+].[O-2]. The summed E-state index contributed by atoms with van der Waals surface area (Å²) in [6.45, 7) is 0. The molecule has 0 radical (unpaired) electrons. The Morgan fingerprint density at radius 2 is 1.12 bits per heavy atom. The van der Waals surface area contributed by atoms with Crippen molar-refractivity contribution in [3.8, 4) is 0 Å². The number of hydrogen-bond donors (Lipinski definition) is 0. The van der Waals surface area contributed by atoms with E-state index in [1.807, 2.05) is 0 Å². The van der Waals surface area contributed by atoms with Gasteiger partial charge in [0.1, 0.15) is 0 Å². The van der Waals surface area contributed by atoms with Crippen molar-refractivity contribution in [2.45, 2.75) is 0 Å². The Hall–Kier alpha value is 1.36. The van der Waals surface area contributed by atoms with Gasteiger partial charge in [0.2, 0.25) is 0 Å². The molecule has 0 aromatic heterocycles. The third kappa shape index (κ3) is 161. The number of hydrogen-bond acceptors (Lipinski definition) is 4. The van der Waals surface area contributed by atoms with Crippen molar-refractivity contribution < 1.29 is 52.6 Å². The molecule has 0 aromatic rings. The Bertz CT molecular complexity index is 95.6. The molecule has 8 heteroatoms. The Balaban J connectivity index is -0.0000000267. The van der Waals surface area contributed by atoms with Gasteiger partial charge in [-0.1, -0.05) is 0 Å². The molecule has 0 spiro atoms. The fourth-order valence-corrected chi connectivity index (χ4v) is 0. The van der Waals surface area contributed by atoms with Gasteiger partial charge in [0.05, 0.1) is 0 Å². The van der Waals surface area contributed by atoms with Crippen LogP contribution in [0.3, 0.4) is 0 Å². The normalized spacial score (nSPS) is 7.25. The maximum atomic E-state index is 8.52. The molecule has 0 aliphatic carbocycles. The van der Waals surface area contributed by atoms with E-state index in [2.05, 4.69) is 0 Å². The van der Waals surface area contributed by atoms with Crippen LogP contribution in [0.1, 0.15) is 0 Å². The van der Waals surface area contributed by atoms with Crippen LogP contribution in [0.2, 0.25) is 0 Å². The average molecular weight is 162 g/mol. The quantitative estimate of drug-likeness (QED) is 0.202. The molecular weight excluding hydrogens is 162 g/mol. The van der Waals surface area contributed by atoms with Crippen LogP contribution in [0.15, 0.2) is 0 Å². The summed E-state index contributed by atoms with van der Waals surface area (Å²) in [5.74, 6) is 0. The summed E-state index contributed by atoms with van der Waals surface area (Å²) in [5, 5.41) is 0. The second-order valence-electron chi connectivity index (χ2n) is 0.408. The Morgan fingerprint density at radius 3 is 1.12 bits per heavy atom. The fraction of sp³-hybridized carbons (Fsp3) is 0. The van der Waals surface area contributed by atoms with Crippen LogP contribution in [0.5, 0.6) is 0 Å². The summed E-state index contributed by atoms with van der Waals surface area (Å²) < 4.78 is 34.1. The van der Waals surface area contributed by atoms with Gasteiger partial charge in [0.15, 0.2) is 0 Å². The van der Waals surface area contributed by atoms with Gasteiger partial charge < -0.3 is 14.6 Å². The Kier molecular flexibility index (Phi) is 23.8. The minimum Gasteiger partial charge on any atom is -2.00 e. The van der Waals surface area contributed by atoms with Gasteiger partial charge in [-0.3, -0.25) is 8.42 Å². The molecule has 0 saturated carbocycles. The van der Waals surface area contributed by atoms with Gasteiger partial charge in [-0.15, -0.1) is 0 Å². The number of rotatable bonds is 0. The minimum atomic E-state index is -5.17. The predicted octanol–water partition coefficient (Wildman–Crippen LogP) is -4.83. The first kappa shape index (κ1) is 22.8. The Labute approximate surface area is 79.8 Å². The van der Waals surface area contributed by atoms with Crippen LogP contribution < -0.4 is 29.6 Å². The van der Waals surface area contributed by atoms with Gasteiger partial charge in [-0.05, 0) is 0 Å². The van der Waals surface area contributed by atoms with Crippen molar-refractivity contribution in [1.82, 2.24) is 0 Å². The van der Waals surface area contributed by atoms with Gasteiger partial charge in [-0.25, -0.2) is 0 Å². The van der Waals surface area contributed by atoms with Crippen LogP contribution in [-0.4, -0.2) is 34.9 Å². The smallest absolute Gasteiger partial charge is 2.00 e. The van der Waals surface area contributed by atoms with Gasteiger partial charge in [-0.2, -0.15) is 0 Å². The van der Waals surface area contributed by atoms with E-state index in [0.29, 0.717) is 0 Å². The van der Waals surface area contributed by atoms with Crippen molar-refractivity contribution in [2.24, 2.45) is 0 Å². The summed E-state index contributed by atoms with van der Waals surface area (Å²) in [4.78, 5) is 0. The van der Waals surface area contributed by atoms with E-state index in [-0.39, 0.29) is 52.4 Å². The molecule has 0 atom stereocenters. The zero-order valence-corrected chi connectivity index (χ0v) is 8.00. The molecule has 5 nitrogen and oxygen atoms in total. The molecule has 0 saturated heterocycles. The van der Waals surface area contributed by atoms with Crippen LogP contribution >= 0.6 is 0 Å². The molecule has 8 heavy (non-hydrogen) atoms. The third-order valence-electron chi connectivity index (χ3n) is 0. The maximum absolute atomic E-state index is 8.52. The van der Waals surface area contributed by atoms with Crippen molar-refractivity contribution in [3.05, 3.63) is 0 Å². The minimum absolute atomic E-state index is 0. The van der Waals surface area contributed by atoms with E-state index in [1.165, 1.54) is 0 Å². The predicted molar refractivity (Wildman–Crippen MR) is 16.9 cm³/mol. The first-order valence-corrected chi connectivity index (χ1v) is 2.00. The summed E-state index contributed by atoms with van der Waals surface area (Å²) in [5.41, 5.74) is 0. The molecule has 0 unspecified atom stereocenters. The van der Waals surface area contributed by atoms with Crippen LogP contribution in [0.25, 0.3) is 0 Å². The standard InChI is InChI=1S/Al.Na.H2O4S.O/c;;1-5(2,3)4;/h;;(H2,1,2,3,4);/q+3;+1;;-2/p-2. The first-order valence-electron chi connectivity index (χ1n) is 0.667. The van der Waals surface area contributed by atoms with E-state index in [0.717, 1.165) is 0 Å². The third-order valence-corrected chi connectivity index (χ3v) is 0. The van der Waals surface area contributed by atoms with Gasteiger partial charge >= 0.3 is 46.9 Å². The fourth-order valence-electron chi connectivity index (χ4n) is 0. The maximum Gasteiger partial charge on any atom is 3.00 e. The average Bonchev–Trinajstić information content (AvgIpc) is 0.722. The summed E-state index contributed by atoms with van der Waals surface area (Å²) >= 11 is 0. The molecule has 0 rings (SSSR count). The van der Waals surface area contributed by atoms with Crippen molar-refractivity contribution in [3.63, 3.8) is 0 Å². The summed E-state index contributed by atoms with van der Waals surface area (Å²) in [6, 6.07) is 0. The Morgan fingerprint density at radius 1 is 1.12 bits per heavy atom. The van der Waals surface area contributed by atoms with Crippen LogP contribution in [0.4, 0.5) is 0 Å². The van der Waals surface area contributed by atoms with Crippen LogP contribution in [-0.2, 0) is 15.9 Å². The van der Waals surface area contributed by atoms with E-state index in [9.17, 15) is 0 Å². The van der Waals surface area contributed by atoms with Crippen molar-refractivity contribution >= 4 is 27.8 Å². The molecule has 0 aliphatic rings. The molecule has 0 fully saturated rings. The molecule has 0 aliphatic heterocycles. The molecule has 40 valence electrons. The molecule has 0 N–H and O–H groups in total. The van der Waals surface area contributed by atoms with Gasteiger partial charge in [0.25, 0.3) is 0 Å². The molecule has 0 heterocycles.